The molecule has 0 aliphatic heterocycles. The van der Waals surface area contributed by atoms with Crippen LogP contribution in [0.2, 0.25) is 0 Å². The van der Waals surface area contributed by atoms with Crippen molar-refractivity contribution in [1.82, 2.24) is 9.78 Å². The minimum atomic E-state index is -0.238. The lowest BCUT2D eigenvalue weighted by molar-refractivity contribution is 0.184. The molecular formula is C12H22N2O. The molecule has 1 aromatic rings. The number of aliphatic hydroxyl groups excluding tert-OH is 1. The number of aromatic nitrogens is 2. The Morgan fingerprint density at radius 2 is 2.07 bits per heavy atom. The van der Waals surface area contributed by atoms with Gasteiger partial charge < -0.3 is 5.11 Å². The van der Waals surface area contributed by atoms with Gasteiger partial charge in [0, 0.05) is 18.7 Å². The topological polar surface area (TPSA) is 38.0 Å². The van der Waals surface area contributed by atoms with E-state index in [0.29, 0.717) is 0 Å². The zero-order valence-electron chi connectivity index (χ0n) is 10.4. The molecule has 0 aliphatic carbocycles. The number of hydrogen-bond acceptors (Lipinski definition) is 2. The first-order chi connectivity index (χ1) is 6.80. The van der Waals surface area contributed by atoms with E-state index in [1.54, 1.807) is 0 Å². The smallest absolute Gasteiger partial charge is 0.0709 e. The zero-order chi connectivity index (χ0) is 11.6. The molecule has 0 fully saturated rings. The van der Waals surface area contributed by atoms with E-state index in [2.05, 4.69) is 32.1 Å². The highest BCUT2D eigenvalue weighted by Gasteiger charge is 2.21. The van der Waals surface area contributed by atoms with E-state index >= 15 is 0 Å². The Morgan fingerprint density at radius 1 is 1.47 bits per heavy atom. The van der Waals surface area contributed by atoms with Crippen molar-refractivity contribution in [3.63, 3.8) is 0 Å². The third kappa shape index (κ3) is 3.34. The second kappa shape index (κ2) is 4.35. The van der Waals surface area contributed by atoms with Gasteiger partial charge in [0.1, 0.15) is 0 Å². The SMILES string of the molecule is C[C@H](O)CCc1cn(C)nc1C(C)(C)C. The second-order valence-corrected chi connectivity index (χ2v) is 5.31. The molecule has 1 heterocycles. The lowest BCUT2D eigenvalue weighted by atomic mass is 9.88. The Hall–Kier alpha value is -0.830. The molecule has 0 saturated carbocycles. The maximum absolute atomic E-state index is 9.29. The van der Waals surface area contributed by atoms with Crippen molar-refractivity contribution in [3.8, 4) is 0 Å². The molecule has 3 heteroatoms. The highest BCUT2D eigenvalue weighted by Crippen LogP contribution is 2.25. The summed E-state index contributed by atoms with van der Waals surface area (Å²) in [5.41, 5.74) is 2.48. The van der Waals surface area contributed by atoms with Crippen molar-refractivity contribution in [2.45, 2.75) is 52.1 Å². The second-order valence-electron chi connectivity index (χ2n) is 5.31. The average Bonchev–Trinajstić information content (AvgIpc) is 2.42. The van der Waals surface area contributed by atoms with Crippen LogP contribution in [0.25, 0.3) is 0 Å². The molecule has 3 nitrogen and oxygen atoms in total. The van der Waals surface area contributed by atoms with Crippen LogP contribution in [0.1, 0.15) is 45.4 Å². The lowest BCUT2D eigenvalue weighted by Crippen LogP contribution is -2.15. The fourth-order valence-corrected chi connectivity index (χ4v) is 1.72. The van der Waals surface area contributed by atoms with Crippen molar-refractivity contribution in [1.29, 1.82) is 0 Å². The molecule has 0 spiro atoms. The summed E-state index contributed by atoms with van der Waals surface area (Å²) in [5.74, 6) is 0. The van der Waals surface area contributed by atoms with Crippen LogP contribution in [0.3, 0.4) is 0 Å². The molecule has 0 aliphatic rings. The van der Waals surface area contributed by atoms with Crippen LogP contribution >= 0.6 is 0 Å². The Morgan fingerprint density at radius 3 is 2.53 bits per heavy atom. The standard InChI is InChI=1S/C12H22N2O/c1-9(15)6-7-10-8-14(5)13-11(10)12(2,3)4/h8-9,15H,6-7H2,1-5H3/t9-/m0/s1. The Kier molecular flexibility index (Phi) is 3.55. The van der Waals surface area contributed by atoms with Crippen LogP contribution in [0.5, 0.6) is 0 Å². The quantitative estimate of drug-likeness (QED) is 0.829. The molecular weight excluding hydrogens is 188 g/mol. The summed E-state index contributed by atoms with van der Waals surface area (Å²) < 4.78 is 1.86. The van der Waals surface area contributed by atoms with Crippen LogP contribution < -0.4 is 0 Å². The van der Waals surface area contributed by atoms with Gasteiger partial charge in [0.2, 0.25) is 0 Å². The summed E-state index contributed by atoms with van der Waals surface area (Å²) in [4.78, 5) is 0. The summed E-state index contributed by atoms with van der Waals surface area (Å²) >= 11 is 0. The average molecular weight is 210 g/mol. The van der Waals surface area contributed by atoms with Crippen molar-refractivity contribution < 1.29 is 5.11 Å². The summed E-state index contributed by atoms with van der Waals surface area (Å²) in [6.45, 7) is 8.33. The van der Waals surface area contributed by atoms with Crippen LogP contribution in [-0.4, -0.2) is 21.0 Å². The fourth-order valence-electron chi connectivity index (χ4n) is 1.72. The highest BCUT2D eigenvalue weighted by atomic mass is 16.3. The number of aryl methyl sites for hydroxylation is 2. The van der Waals surface area contributed by atoms with Gasteiger partial charge >= 0.3 is 0 Å². The largest absolute Gasteiger partial charge is 0.393 e. The van der Waals surface area contributed by atoms with E-state index in [0.717, 1.165) is 18.5 Å². The Balaban J connectivity index is 2.87. The van der Waals surface area contributed by atoms with Gasteiger partial charge in [-0.3, -0.25) is 4.68 Å². The fraction of sp³-hybridized carbons (Fsp3) is 0.750. The van der Waals surface area contributed by atoms with Crippen LogP contribution in [0, 0.1) is 0 Å². The molecule has 15 heavy (non-hydrogen) atoms. The molecule has 0 radical (unpaired) electrons. The van der Waals surface area contributed by atoms with Gasteiger partial charge in [-0.15, -0.1) is 0 Å². The van der Waals surface area contributed by atoms with Gasteiger partial charge in [0.05, 0.1) is 11.8 Å². The summed E-state index contributed by atoms with van der Waals surface area (Å²) in [6.07, 6.45) is 3.52. The van der Waals surface area contributed by atoms with Gasteiger partial charge in [0.25, 0.3) is 0 Å². The molecule has 0 aromatic carbocycles. The highest BCUT2D eigenvalue weighted by molar-refractivity contribution is 5.24. The monoisotopic (exact) mass is 210 g/mol. The van der Waals surface area contributed by atoms with Gasteiger partial charge in [0.15, 0.2) is 0 Å². The van der Waals surface area contributed by atoms with Crippen LogP contribution in [0.4, 0.5) is 0 Å². The van der Waals surface area contributed by atoms with Crippen molar-refractivity contribution in [2.24, 2.45) is 7.05 Å². The third-order valence-corrected chi connectivity index (χ3v) is 2.45. The molecule has 0 unspecified atom stereocenters. The molecule has 0 saturated heterocycles. The molecule has 0 amide bonds. The van der Waals surface area contributed by atoms with Gasteiger partial charge in [-0.05, 0) is 25.3 Å². The predicted octanol–water partition coefficient (Wildman–Crippen LogP) is 2.03. The molecule has 0 bridgehead atoms. The van der Waals surface area contributed by atoms with Crippen LogP contribution in [-0.2, 0) is 18.9 Å². The Bertz CT molecular complexity index is 321. The predicted molar refractivity (Wildman–Crippen MR) is 61.9 cm³/mol. The first-order valence-corrected chi connectivity index (χ1v) is 5.52. The molecule has 86 valence electrons. The first kappa shape index (κ1) is 12.2. The van der Waals surface area contributed by atoms with Gasteiger partial charge in [-0.2, -0.15) is 5.10 Å². The van der Waals surface area contributed by atoms with E-state index in [9.17, 15) is 5.11 Å². The van der Waals surface area contributed by atoms with E-state index in [4.69, 9.17) is 0 Å². The minimum absolute atomic E-state index is 0.0787. The lowest BCUT2D eigenvalue weighted by Gasteiger charge is -2.17. The van der Waals surface area contributed by atoms with Gasteiger partial charge in [-0.1, -0.05) is 20.8 Å². The van der Waals surface area contributed by atoms with E-state index in [-0.39, 0.29) is 11.5 Å². The molecule has 1 aromatic heterocycles. The minimum Gasteiger partial charge on any atom is -0.393 e. The van der Waals surface area contributed by atoms with E-state index in [1.165, 1.54) is 5.56 Å². The Labute approximate surface area is 92.1 Å². The normalized spacial score (nSPS) is 14.3. The van der Waals surface area contributed by atoms with E-state index < -0.39 is 0 Å². The third-order valence-electron chi connectivity index (χ3n) is 2.45. The van der Waals surface area contributed by atoms with Crippen molar-refractivity contribution in [2.75, 3.05) is 0 Å². The number of aliphatic hydroxyl groups is 1. The molecule has 1 atom stereocenters. The summed E-state index contributed by atoms with van der Waals surface area (Å²) in [5, 5.41) is 13.8. The zero-order valence-corrected chi connectivity index (χ0v) is 10.4. The summed E-state index contributed by atoms with van der Waals surface area (Å²) in [7, 11) is 1.95. The summed E-state index contributed by atoms with van der Waals surface area (Å²) in [6, 6.07) is 0. The van der Waals surface area contributed by atoms with Crippen molar-refractivity contribution >= 4 is 0 Å². The van der Waals surface area contributed by atoms with Crippen molar-refractivity contribution in [3.05, 3.63) is 17.5 Å². The molecule has 1 N–H and O–H groups in total. The maximum atomic E-state index is 9.29. The number of hydrogen-bond donors (Lipinski definition) is 1. The molecule has 1 rings (SSSR count). The van der Waals surface area contributed by atoms with Crippen LogP contribution in [0.15, 0.2) is 6.20 Å². The van der Waals surface area contributed by atoms with Gasteiger partial charge in [-0.25, -0.2) is 0 Å². The maximum Gasteiger partial charge on any atom is 0.0709 e. The van der Waals surface area contributed by atoms with E-state index in [1.807, 2.05) is 18.7 Å². The number of nitrogens with zero attached hydrogens (tertiary/aromatic N) is 2. The first-order valence-electron chi connectivity index (χ1n) is 5.52. The number of rotatable bonds is 3.